The van der Waals surface area contributed by atoms with Gasteiger partial charge in [-0.2, -0.15) is 0 Å². The normalized spacial score (nSPS) is 28.5. The summed E-state index contributed by atoms with van der Waals surface area (Å²) in [6.45, 7) is 3.51. The van der Waals surface area contributed by atoms with Crippen LogP contribution in [0.4, 0.5) is 0 Å². The first-order valence-corrected chi connectivity index (χ1v) is 8.37. The highest BCUT2D eigenvalue weighted by atomic mass is 32.1. The minimum Gasteiger partial charge on any atom is -0.393 e. The number of aliphatic hydroxyl groups is 1. The Kier molecular flexibility index (Phi) is 3.04. The monoisotopic (exact) mass is 305 g/mol. The van der Waals surface area contributed by atoms with Crippen molar-refractivity contribution in [3.05, 3.63) is 23.0 Å². The Morgan fingerprint density at radius 2 is 2.33 bits per heavy atom. The van der Waals surface area contributed by atoms with Gasteiger partial charge in [-0.05, 0) is 25.7 Å². The number of thiazole rings is 1. The van der Waals surface area contributed by atoms with Gasteiger partial charge in [-0.3, -0.25) is 9.20 Å². The Balaban J connectivity index is 1.49. The van der Waals surface area contributed by atoms with Crippen LogP contribution in [-0.2, 0) is 11.2 Å². The van der Waals surface area contributed by atoms with Crippen molar-refractivity contribution in [2.75, 3.05) is 13.1 Å². The van der Waals surface area contributed by atoms with E-state index in [1.165, 1.54) is 0 Å². The standard InChI is InChI=1S/C15H19N3O2S/c1-9-5-18-11(8-21-15(18)16-9)4-14(20)17-6-10-2-3-13(19)12(10)7-17/h5,8,10,12-13,19H,2-4,6-7H2,1H3. The molecule has 2 aromatic rings. The topological polar surface area (TPSA) is 57.8 Å². The fourth-order valence-electron chi connectivity index (χ4n) is 3.78. The number of amides is 1. The molecule has 2 aromatic heterocycles. The average Bonchev–Trinajstić information content (AvgIpc) is 3.15. The van der Waals surface area contributed by atoms with E-state index < -0.39 is 0 Å². The van der Waals surface area contributed by atoms with Crippen LogP contribution in [0.1, 0.15) is 24.2 Å². The van der Waals surface area contributed by atoms with E-state index in [0.717, 1.165) is 42.3 Å². The van der Waals surface area contributed by atoms with E-state index in [4.69, 9.17) is 0 Å². The van der Waals surface area contributed by atoms with Crippen LogP contribution in [0.3, 0.4) is 0 Å². The van der Waals surface area contributed by atoms with Crippen molar-refractivity contribution < 1.29 is 9.90 Å². The van der Waals surface area contributed by atoms with Crippen LogP contribution in [0.2, 0.25) is 0 Å². The summed E-state index contributed by atoms with van der Waals surface area (Å²) in [6.07, 6.45) is 4.15. The Morgan fingerprint density at radius 1 is 1.48 bits per heavy atom. The summed E-state index contributed by atoms with van der Waals surface area (Å²) < 4.78 is 2.02. The number of hydrogen-bond donors (Lipinski definition) is 1. The first-order valence-electron chi connectivity index (χ1n) is 7.49. The van der Waals surface area contributed by atoms with E-state index in [9.17, 15) is 9.90 Å². The molecule has 2 aliphatic rings. The quantitative estimate of drug-likeness (QED) is 0.914. The molecule has 0 bridgehead atoms. The molecule has 0 aromatic carbocycles. The highest BCUT2D eigenvalue weighted by molar-refractivity contribution is 7.15. The summed E-state index contributed by atoms with van der Waals surface area (Å²) in [5, 5.41) is 12.0. The van der Waals surface area contributed by atoms with Crippen LogP contribution in [0, 0.1) is 18.8 Å². The lowest BCUT2D eigenvalue weighted by molar-refractivity contribution is -0.129. The van der Waals surface area contributed by atoms with E-state index >= 15 is 0 Å². The maximum absolute atomic E-state index is 12.5. The minimum atomic E-state index is -0.211. The molecule has 4 rings (SSSR count). The average molecular weight is 305 g/mol. The number of nitrogens with zero attached hydrogens (tertiary/aromatic N) is 3. The number of aryl methyl sites for hydroxylation is 1. The summed E-state index contributed by atoms with van der Waals surface area (Å²) in [4.78, 5) is 19.8. The maximum atomic E-state index is 12.5. The van der Waals surface area contributed by atoms with Gasteiger partial charge in [0.15, 0.2) is 4.96 Å². The van der Waals surface area contributed by atoms with E-state index in [1.54, 1.807) is 11.3 Å². The number of aliphatic hydroxyl groups excluding tert-OH is 1. The summed E-state index contributed by atoms with van der Waals surface area (Å²) >= 11 is 1.58. The zero-order chi connectivity index (χ0) is 14.6. The second-order valence-electron chi connectivity index (χ2n) is 6.31. The second kappa shape index (κ2) is 4.81. The summed E-state index contributed by atoms with van der Waals surface area (Å²) in [7, 11) is 0. The van der Waals surface area contributed by atoms with Gasteiger partial charge < -0.3 is 10.0 Å². The van der Waals surface area contributed by atoms with Crippen LogP contribution in [0.25, 0.3) is 4.96 Å². The molecule has 1 aliphatic carbocycles. The molecule has 1 saturated carbocycles. The van der Waals surface area contributed by atoms with Gasteiger partial charge in [-0.1, -0.05) is 0 Å². The van der Waals surface area contributed by atoms with Crippen LogP contribution >= 0.6 is 11.3 Å². The van der Waals surface area contributed by atoms with E-state index in [-0.39, 0.29) is 12.0 Å². The van der Waals surface area contributed by atoms with Gasteiger partial charge in [-0.25, -0.2) is 4.98 Å². The number of likely N-dealkylation sites (tertiary alicyclic amines) is 1. The van der Waals surface area contributed by atoms with E-state index in [1.807, 2.05) is 27.8 Å². The third-order valence-electron chi connectivity index (χ3n) is 4.91. The highest BCUT2D eigenvalue weighted by Crippen LogP contribution is 2.38. The highest BCUT2D eigenvalue weighted by Gasteiger charge is 2.43. The molecular formula is C15H19N3O2S. The van der Waals surface area contributed by atoms with Crippen molar-refractivity contribution in [1.82, 2.24) is 14.3 Å². The number of carbonyl (C=O) groups is 1. The second-order valence-corrected chi connectivity index (χ2v) is 7.14. The van der Waals surface area contributed by atoms with Gasteiger partial charge in [0.05, 0.1) is 18.2 Å². The fourth-order valence-corrected chi connectivity index (χ4v) is 4.69. The van der Waals surface area contributed by atoms with Crippen LogP contribution in [0.15, 0.2) is 11.6 Å². The van der Waals surface area contributed by atoms with Crippen molar-refractivity contribution in [3.8, 4) is 0 Å². The van der Waals surface area contributed by atoms with Crippen molar-refractivity contribution >= 4 is 22.2 Å². The fraction of sp³-hybridized carbons (Fsp3) is 0.600. The van der Waals surface area contributed by atoms with Gasteiger partial charge >= 0.3 is 0 Å². The summed E-state index contributed by atoms with van der Waals surface area (Å²) in [5.74, 6) is 0.969. The van der Waals surface area contributed by atoms with Crippen molar-refractivity contribution in [2.24, 2.45) is 11.8 Å². The summed E-state index contributed by atoms with van der Waals surface area (Å²) in [6, 6.07) is 0. The smallest absolute Gasteiger partial charge is 0.228 e. The number of fused-ring (bicyclic) bond motifs is 2. The first kappa shape index (κ1) is 13.3. The lowest BCUT2D eigenvalue weighted by Crippen LogP contribution is -2.32. The maximum Gasteiger partial charge on any atom is 0.228 e. The van der Waals surface area contributed by atoms with Crippen molar-refractivity contribution in [3.63, 3.8) is 0 Å². The molecule has 1 aliphatic heterocycles. The third-order valence-corrected chi connectivity index (χ3v) is 5.80. The molecule has 3 atom stereocenters. The molecule has 3 heterocycles. The van der Waals surface area contributed by atoms with Crippen LogP contribution in [-0.4, -0.2) is 44.5 Å². The van der Waals surface area contributed by atoms with Gasteiger partial charge in [0.25, 0.3) is 0 Å². The molecule has 1 saturated heterocycles. The zero-order valence-electron chi connectivity index (χ0n) is 12.0. The molecule has 1 N–H and O–H groups in total. The SMILES string of the molecule is Cc1cn2c(CC(=O)N3CC4CCC(O)C4C3)csc2n1. The molecule has 112 valence electrons. The number of imidazole rings is 1. The molecule has 2 fully saturated rings. The molecule has 0 radical (unpaired) electrons. The van der Waals surface area contributed by atoms with Crippen LogP contribution < -0.4 is 0 Å². The van der Waals surface area contributed by atoms with Gasteiger partial charge in [-0.15, -0.1) is 11.3 Å². The zero-order valence-corrected chi connectivity index (χ0v) is 12.8. The van der Waals surface area contributed by atoms with E-state index in [0.29, 0.717) is 18.3 Å². The predicted octanol–water partition coefficient (Wildman–Crippen LogP) is 1.48. The Hall–Kier alpha value is -1.40. The minimum absolute atomic E-state index is 0.169. The Labute approximate surface area is 127 Å². The number of rotatable bonds is 2. The lowest BCUT2D eigenvalue weighted by Gasteiger charge is -2.18. The first-order chi connectivity index (χ1) is 10.1. The van der Waals surface area contributed by atoms with Crippen molar-refractivity contribution in [2.45, 2.75) is 32.3 Å². The Bertz CT molecular complexity index is 692. The molecule has 6 heteroatoms. The Morgan fingerprint density at radius 3 is 3.14 bits per heavy atom. The molecule has 3 unspecified atom stereocenters. The summed E-state index contributed by atoms with van der Waals surface area (Å²) in [5.41, 5.74) is 1.99. The van der Waals surface area contributed by atoms with Gasteiger partial charge in [0.2, 0.25) is 5.91 Å². The van der Waals surface area contributed by atoms with E-state index in [2.05, 4.69) is 4.98 Å². The van der Waals surface area contributed by atoms with Gasteiger partial charge in [0, 0.05) is 36.3 Å². The molecule has 0 spiro atoms. The lowest BCUT2D eigenvalue weighted by atomic mass is 10.00. The predicted molar refractivity (Wildman–Crippen MR) is 80.3 cm³/mol. The number of carbonyl (C=O) groups excluding carboxylic acids is 1. The number of aromatic nitrogens is 2. The molecule has 1 amide bonds. The third kappa shape index (κ3) is 2.17. The molecular weight excluding hydrogens is 286 g/mol. The molecule has 21 heavy (non-hydrogen) atoms. The van der Waals surface area contributed by atoms with Crippen LogP contribution in [0.5, 0.6) is 0 Å². The van der Waals surface area contributed by atoms with Crippen molar-refractivity contribution in [1.29, 1.82) is 0 Å². The molecule has 5 nitrogen and oxygen atoms in total. The largest absolute Gasteiger partial charge is 0.393 e. The van der Waals surface area contributed by atoms with Gasteiger partial charge in [0.1, 0.15) is 0 Å². The number of hydrogen-bond acceptors (Lipinski definition) is 4.